The lowest BCUT2D eigenvalue weighted by Crippen LogP contribution is -2.27. The van der Waals surface area contributed by atoms with Gasteiger partial charge in [-0.05, 0) is 51.0 Å². The second kappa shape index (κ2) is 5.91. The van der Waals surface area contributed by atoms with Crippen LogP contribution in [0.1, 0.15) is 59.5 Å². The van der Waals surface area contributed by atoms with E-state index in [4.69, 9.17) is 4.52 Å². The number of aromatic nitrogens is 3. The summed E-state index contributed by atoms with van der Waals surface area (Å²) in [6.45, 7) is 3.47. The molecule has 1 fully saturated rings. The summed E-state index contributed by atoms with van der Waals surface area (Å²) >= 11 is 0. The molecule has 2 aromatic heterocycles. The molecular weight excluding hydrogens is 323 g/mol. The van der Waals surface area contributed by atoms with Crippen molar-refractivity contribution >= 4 is 16.8 Å². The molecule has 1 aliphatic carbocycles. The van der Waals surface area contributed by atoms with Gasteiger partial charge in [-0.1, -0.05) is 5.16 Å². The van der Waals surface area contributed by atoms with Gasteiger partial charge in [0.05, 0.1) is 11.1 Å². The van der Waals surface area contributed by atoms with Crippen molar-refractivity contribution in [3.05, 3.63) is 53.1 Å². The molecule has 0 spiro atoms. The molecular formula is C18H17FN4O2. The Bertz CT molecular complexity index is 965. The Kier molecular flexibility index (Phi) is 3.71. The molecule has 1 aliphatic rings. The number of benzene rings is 1. The average Bonchev–Trinajstić information content (AvgIpc) is 3.34. The van der Waals surface area contributed by atoms with E-state index >= 15 is 0 Å². The molecule has 1 saturated carbocycles. The second-order valence-electron chi connectivity index (χ2n) is 6.41. The molecule has 2 heterocycles. The smallest absolute Gasteiger partial charge is 0.252 e. The second-order valence-corrected chi connectivity index (χ2v) is 6.41. The first kappa shape index (κ1) is 15.7. The van der Waals surface area contributed by atoms with E-state index in [1.54, 1.807) is 26.0 Å². The van der Waals surface area contributed by atoms with E-state index in [0.29, 0.717) is 34.1 Å². The van der Waals surface area contributed by atoms with Gasteiger partial charge in [-0.25, -0.2) is 4.39 Å². The number of amides is 1. The minimum atomic E-state index is -0.449. The van der Waals surface area contributed by atoms with Crippen LogP contribution < -0.4 is 5.32 Å². The Morgan fingerprint density at radius 2 is 2.12 bits per heavy atom. The fraction of sp³-hybridized carbons (Fsp3) is 0.333. The Balaban J connectivity index is 1.71. The fourth-order valence-corrected chi connectivity index (χ4v) is 2.82. The number of nitrogens with one attached hydrogen (secondary N) is 1. The number of hydrogen-bond donors (Lipinski definition) is 1. The van der Waals surface area contributed by atoms with Crippen LogP contribution in [0.15, 0.2) is 28.8 Å². The zero-order valence-corrected chi connectivity index (χ0v) is 13.9. The molecule has 3 aromatic rings. The van der Waals surface area contributed by atoms with Gasteiger partial charge in [-0.15, -0.1) is 0 Å². The normalized spacial score (nSPS) is 15.3. The molecule has 1 N–H and O–H groups in total. The number of carbonyl (C=O) groups excluding carboxylic acids is 1. The molecule has 1 atom stereocenters. The molecule has 0 aliphatic heterocycles. The van der Waals surface area contributed by atoms with Crippen molar-refractivity contribution < 1.29 is 13.7 Å². The third-order valence-electron chi connectivity index (χ3n) is 4.29. The monoisotopic (exact) mass is 340 g/mol. The van der Waals surface area contributed by atoms with E-state index in [1.807, 2.05) is 0 Å². The fourth-order valence-electron chi connectivity index (χ4n) is 2.82. The number of hydrogen-bond acceptors (Lipinski definition) is 5. The van der Waals surface area contributed by atoms with Crippen LogP contribution in [0.25, 0.3) is 10.9 Å². The molecule has 7 heteroatoms. The zero-order valence-electron chi connectivity index (χ0n) is 13.9. The largest absolute Gasteiger partial charge is 0.340 e. The van der Waals surface area contributed by atoms with Crippen molar-refractivity contribution in [2.45, 2.75) is 38.6 Å². The molecule has 0 saturated heterocycles. The predicted molar refractivity (Wildman–Crippen MR) is 88.6 cm³/mol. The molecule has 4 rings (SSSR count). The zero-order chi connectivity index (χ0) is 17.6. The Hall–Kier alpha value is -2.83. The minimum Gasteiger partial charge on any atom is -0.340 e. The van der Waals surface area contributed by atoms with Crippen molar-refractivity contribution in [1.29, 1.82) is 0 Å². The van der Waals surface area contributed by atoms with Gasteiger partial charge in [-0.3, -0.25) is 9.78 Å². The van der Waals surface area contributed by atoms with Crippen molar-refractivity contribution in [2.75, 3.05) is 0 Å². The maximum absolute atomic E-state index is 13.7. The predicted octanol–water partition coefficient (Wildman–Crippen LogP) is 3.43. The molecule has 6 nitrogen and oxygen atoms in total. The number of fused-ring (bicyclic) bond motifs is 1. The van der Waals surface area contributed by atoms with Crippen LogP contribution in [0.4, 0.5) is 4.39 Å². The molecule has 1 amide bonds. The summed E-state index contributed by atoms with van der Waals surface area (Å²) in [5, 5.41) is 7.06. The Morgan fingerprint density at radius 1 is 1.32 bits per heavy atom. The number of rotatable bonds is 4. The van der Waals surface area contributed by atoms with E-state index in [0.717, 1.165) is 18.5 Å². The summed E-state index contributed by atoms with van der Waals surface area (Å²) in [5.74, 6) is 0.504. The third-order valence-corrected chi connectivity index (χ3v) is 4.29. The van der Waals surface area contributed by atoms with E-state index < -0.39 is 11.9 Å². The van der Waals surface area contributed by atoms with Crippen LogP contribution in [0.3, 0.4) is 0 Å². The lowest BCUT2D eigenvalue weighted by Gasteiger charge is -2.13. The summed E-state index contributed by atoms with van der Waals surface area (Å²) in [6.07, 6.45) is 2.14. The summed E-state index contributed by atoms with van der Waals surface area (Å²) in [5.41, 5.74) is 1.91. The quantitative estimate of drug-likeness (QED) is 0.787. The maximum atomic E-state index is 13.7. The third kappa shape index (κ3) is 3.09. The van der Waals surface area contributed by atoms with Crippen molar-refractivity contribution in [2.24, 2.45) is 0 Å². The Labute approximate surface area is 143 Å². The number of nitrogens with zero attached hydrogens (tertiary/aromatic N) is 3. The van der Waals surface area contributed by atoms with Crippen molar-refractivity contribution in [3.8, 4) is 0 Å². The van der Waals surface area contributed by atoms with Gasteiger partial charge in [0.15, 0.2) is 5.82 Å². The first-order valence-corrected chi connectivity index (χ1v) is 8.22. The number of carbonyl (C=O) groups is 1. The summed E-state index contributed by atoms with van der Waals surface area (Å²) in [4.78, 5) is 21.5. The topological polar surface area (TPSA) is 80.9 Å². The highest BCUT2D eigenvalue weighted by molar-refractivity contribution is 6.06. The highest BCUT2D eigenvalue weighted by Gasteiger charge is 2.27. The van der Waals surface area contributed by atoms with Gasteiger partial charge < -0.3 is 9.84 Å². The molecule has 128 valence electrons. The van der Waals surface area contributed by atoms with E-state index in [2.05, 4.69) is 20.4 Å². The lowest BCUT2D eigenvalue weighted by molar-refractivity contribution is 0.0934. The van der Waals surface area contributed by atoms with Gasteiger partial charge in [0, 0.05) is 17.0 Å². The van der Waals surface area contributed by atoms with Crippen LogP contribution >= 0.6 is 0 Å². The lowest BCUT2D eigenvalue weighted by atomic mass is 10.0. The van der Waals surface area contributed by atoms with Crippen molar-refractivity contribution in [3.63, 3.8) is 0 Å². The first-order valence-electron chi connectivity index (χ1n) is 8.22. The standard InChI is InChI=1S/C18H17FN4O2/c1-9(18-21-10(2)23-25-18)20-17(24)14-8-16(11-3-4-11)22-15-6-5-12(19)7-13(14)15/h5-9,11H,3-4H2,1-2H3,(H,20,24). The van der Waals surface area contributed by atoms with Gasteiger partial charge in [0.1, 0.15) is 11.9 Å². The van der Waals surface area contributed by atoms with Crippen LogP contribution in [0.5, 0.6) is 0 Å². The van der Waals surface area contributed by atoms with E-state index in [9.17, 15) is 9.18 Å². The van der Waals surface area contributed by atoms with Crippen molar-refractivity contribution in [1.82, 2.24) is 20.4 Å². The first-order chi connectivity index (χ1) is 12.0. The molecule has 25 heavy (non-hydrogen) atoms. The van der Waals surface area contributed by atoms with Crippen LogP contribution in [0, 0.1) is 12.7 Å². The van der Waals surface area contributed by atoms with Gasteiger partial charge >= 0.3 is 0 Å². The maximum Gasteiger partial charge on any atom is 0.252 e. The average molecular weight is 340 g/mol. The van der Waals surface area contributed by atoms with Gasteiger partial charge in [0.2, 0.25) is 5.89 Å². The minimum absolute atomic E-state index is 0.316. The van der Waals surface area contributed by atoms with Crippen LogP contribution in [-0.4, -0.2) is 21.0 Å². The molecule has 0 bridgehead atoms. The highest BCUT2D eigenvalue weighted by Crippen LogP contribution is 2.40. The summed E-state index contributed by atoms with van der Waals surface area (Å²) in [7, 11) is 0. The number of halogens is 1. The number of pyridine rings is 1. The highest BCUT2D eigenvalue weighted by atomic mass is 19.1. The summed E-state index contributed by atoms with van der Waals surface area (Å²) < 4.78 is 18.8. The van der Waals surface area contributed by atoms with E-state index in [1.165, 1.54) is 12.1 Å². The Morgan fingerprint density at radius 3 is 2.80 bits per heavy atom. The molecule has 0 radical (unpaired) electrons. The van der Waals surface area contributed by atoms with Crippen LogP contribution in [-0.2, 0) is 0 Å². The molecule has 1 aromatic carbocycles. The van der Waals surface area contributed by atoms with Gasteiger partial charge in [-0.2, -0.15) is 4.98 Å². The SMILES string of the molecule is Cc1noc(C(C)NC(=O)c2cc(C3CC3)nc3ccc(F)cc23)n1. The number of aryl methyl sites for hydroxylation is 1. The molecule has 1 unspecified atom stereocenters. The van der Waals surface area contributed by atoms with Gasteiger partial charge in [0.25, 0.3) is 5.91 Å². The van der Waals surface area contributed by atoms with Crippen LogP contribution in [0.2, 0.25) is 0 Å². The summed E-state index contributed by atoms with van der Waals surface area (Å²) in [6, 6.07) is 5.63. The van der Waals surface area contributed by atoms with E-state index in [-0.39, 0.29) is 5.91 Å².